The highest BCUT2D eigenvalue weighted by Gasteiger charge is 2.36. The van der Waals surface area contributed by atoms with Crippen LogP contribution in [0.2, 0.25) is 0 Å². The third-order valence-corrected chi connectivity index (χ3v) is 6.97. The molecule has 3 N–H and O–H groups in total. The van der Waals surface area contributed by atoms with Gasteiger partial charge < -0.3 is 25.0 Å². The molecule has 0 bridgehead atoms. The molecule has 2 aliphatic rings. The molecule has 1 saturated carbocycles. The fourth-order valence-electron chi connectivity index (χ4n) is 4.91. The quantitative estimate of drug-likeness (QED) is 0.380. The Hall–Kier alpha value is -3.86. The number of benzene rings is 1. The molecular weight excluding hydrogens is 488 g/mol. The molecule has 2 fully saturated rings. The summed E-state index contributed by atoms with van der Waals surface area (Å²) in [5.74, 6) is 0.182. The Kier molecular flexibility index (Phi) is 9.01. The Morgan fingerprint density at radius 2 is 1.95 bits per heavy atom. The first-order valence-electron chi connectivity index (χ1n) is 12.8. The highest BCUT2D eigenvalue weighted by atomic mass is 16.5. The minimum absolute atomic E-state index is 0.0671. The molecule has 2 heterocycles. The third-order valence-electron chi connectivity index (χ3n) is 6.97. The van der Waals surface area contributed by atoms with E-state index in [4.69, 9.17) is 14.9 Å². The number of aromatic nitrogens is 2. The number of nitrogens with one attached hydrogen (secondary N) is 3. The Balaban J connectivity index is 1.38. The summed E-state index contributed by atoms with van der Waals surface area (Å²) in [6.07, 6.45) is 7.35. The lowest BCUT2D eigenvalue weighted by molar-refractivity contribution is -0.137. The van der Waals surface area contributed by atoms with E-state index >= 15 is 0 Å². The minimum Gasteiger partial charge on any atom is -0.486 e. The van der Waals surface area contributed by atoms with Gasteiger partial charge in [-0.2, -0.15) is 0 Å². The second kappa shape index (κ2) is 12.6. The predicted octanol–water partition coefficient (Wildman–Crippen LogP) is 2.10. The molecule has 4 rings (SSSR count). The van der Waals surface area contributed by atoms with E-state index in [0.29, 0.717) is 35.8 Å². The van der Waals surface area contributed by atoms with Crippen LogP contribution in [0.5, 0.6) is 5.75 Å². The number of ether oxygens (including phenoxy) is 2. The lowest BCUT2D eigenvalue weighted by Crippen LogP contribution is -2.49. The standard InChI is InChI=1S/C27H34N6O5/c1-17(34)26(28)21-14-20(38-16-24-29-10-4-11-30-24)8-9-22(21)31-15-25(35)33-12-3-5-23(33)27(36)32-18-6-7-19(13-18)37-2/h4,8-11,14,18-19,23,28,31H,3,5-7,12-13,15-16H2,1-2H3,(H,32,36)/t18?,19?,23-/m0/s1. The Morgan fingerprint density at radius 1 is 1.16 bits per heavy atom. The zero-order valence-electron chi connectivity index (χ0n) is 21.7. The van der Waals surface area contributed by atoms with Crippen LogP contribution < -0.4 is 15.4 Å². The van der Waals surface area contributed by atoms with E-state index in [1.807, 2.05) is 0 Å². The van der Waals surface area contributed by atoms with Gasteiger partial charge in [-0.25, -0.2) is 9.97 Å². The number of hydrogen-bond donors (Lipinski definition) is 3. The van der Waals surface area contributed by atoms with E-state index < -0.39 is 11.8 Å². The number of amides is 2. The van der Waals surface area contributed by atoms with Gasteiger partial charge in [-0.15, -0.1) is 0 Å². The van der Waals surface area contributed by atoms with Crippen LogP contribution in [0.4, 0.5) is 5.69 Å². The smallest absolute Gasteiger partial charge is 0.243 e. The summed E-state index contributed by atoms with van der Waals surface area (Å²) < 4.78 is 11.1. The molecule has 38 heavy (non-hydrogen) atoms. The zero-order chi connectivity index (χ0) is 27.1. The van der Waals surface area contributed by atoms with E-state index in [-0.39, 0.29) is 42.8 Å². The molecule has 11 nitrogen and oxygen atoms in total. The summed E-state index contributed by atoms with van der Waals surface area (Å²) in [6, 6.07) is 6.21. The topological polar surface area (TPSA) is 147 Å². The summed E-state index contributed by atoms with van der Waals surface area (Å²) in [7, 11) is 1.68. The van der Waals surface area contributed by atoms with E-state index in [2.05, 4.69) is 20.6 Å². The highest BCUT2D eigenvalue weighted by Crippen LogP contribution is 2.25. The van der Waals surface area contributed by atoms with Gasteiger partial charge in [0.05, 0.1) is 12.6 Å². The normalized spacial score (nSPS) is 20.7. The molecule has 0 radical (unpaired) electrons. The number of methoxy groups -OCH3 is 1. The summed E-state index contributed by atoms with van der Waals surface area (Å²) in [4.78, 5) is 47.9. The van der Waals surface area contributed by atoms with Crippen molar-refractivity contribution in [1.82, 2.24) is 20.2 Å². The van der Waals surface area contributed by atoms with Gasteiger partial charge in [-0.05, 0) is 56.4 Å². The number of carbonyl (C=O) groups is 3. The average molecular weight is 523 g/mol. The van der Waals surface area contributed by atoms with Gasteiger partial charge in [0.15, 0.2) is 11.6 Å². The summed E-state index contributed by atoms with van der Waals surface area (Å²) in [6.45, 7) is 1.88. The van der Waals surface area contributed by atoms with Crippen molar-refractivity contribution in [2.24, 2.45) is 0 Å². The second-order valence-corrected chi connectivity index (χ2v) is 9.57. The Labute approximate surface area is 221 Å². The van der Waals surface area contributed by atoms with Crippen LogP contribution in [-0.2, 0) is 25.7 Å². The van der Waals surface area contributed by atoms with Crippen LogP contribution in [-0.4, -0.2) is 76.6 Å². The lowest BCUT2D eigenvalue weighted by atomic mass is 10.0. The van der Waals surface area contributed by atoms with Crippen LogP contribution in [0.15, 0.2) is 36.7 Å². The van der Waals surface area contributed by atoms with Crippen molar-refractivity contribution in [3.05, 3.63) is 48.0 Å². The average Bonchev–Trinajstić information content (AvgIpc) is 3.61. The molecule has 1 saturated heterocycles. The first kappa shape index (κ1) is 27.2. The third kappa shape index (κ3) is 6.71. The van der Waals surface area contributed by atoms with Crippen molar-refractivity contribution >= 4 is 29.0 Å². The van der Waals surface area contributed by atoms with Crippen LogP contribution in [0, 0.1) is 5.41 Å². The van der Waals surface area contributed by atoms with E-state index in [1.165, 1.54) is 6.92 Å². The number of rotatable bonds is 11. The van der Waals surface area contributed by atoms with Crippen molar-refractivity contribution in [1.29, 1.82) is 5.41 Å². The maximum absolute atomic E-state index is 13.1. The van der Waals surface area contributed by atoms with Crippen molar-refractivity contribution < 1.29 is 23.9 Å². The number of carbonyl (C=O) groups excluding carboxylic acids is 3. The number of anilines is 1. The number of likely N-dealkylation sites (tertiary alicyclic amines) is 1. The highest BCUT2D eigenvalue weighted by molar-refractivity contribution is 6.45. The lowest BCUT2D eigenvalue weighted by Gasteiger charge is -2.26. The molecule has 1 aliphatic carbocycles. The van der Waals surface area contributed by atoms with Gasteiger partial charge in [0.25, 0.3) is 0 Å². The summed E-state index contributed by atoms with van der Waals surface area (Å²) in [5.41, 5.74) is 0.575. The number of nitrogens with zero attached hydrogens (tertiary/aromatic N) is 3. The second-order valence-electron chi connectivity index (χ2n) is 9.57. The summed E-state index contributed by atoms with van der Waals surface area (Å²) >= 11 is 0. The van der Waals surface area contributed by atoms with Crippen LogP contribution in [0.25, 0.3) is 0 Å². The maximum atomic E-state index is 13.1. The predicted molar refractivity (Wildman–Crippen MR) is 140 cm³/mol. The maximum Gasteiger partial charge on any atom is 0.243 e. The number of Topliss-reactive ketones (excluding diaryl/α,β-unsaturated/α-hetero) is 1. The fourth-order valence-corrected chi connectivity index (χ4v) is 4.91. The molecule has 2 unspecified atom stereocenters. The first-order chi connectivity index (χ1) is 18.4. The van der Waals surface area contributed by atoms with Crippen molar-refractivity contribution in [3.63, 3.8) is 0 Å². The van der Waals surface area contributed by atoms with E-state index in [0.717, 1.165) is 25.7 Å². The molecule has 3 atom stereocenters. The van der Waals surface area contributed by atoms with Gasteiger partial charge in [0, 0.05) is 50.3 Å². The molecule has 202 valence electrons. The summed E-state index contributed by atoms with van der Waals surface area (Å²) in [5, 5.41) is 14.4. The Bertz CT molecular complexity index is 1170. The van der Waals surface area contributed by atoms with Crippen molar-refractivity contribution in [2.45, 2.75) is 63.8 Å². The van der Waals surface area contributed by atoms with Gasteiger partial charge in [0.1, 0.15) is 24.1 Å². The van der Waals surface area contributed by atoms with Crippen molar-refractivity contribution in [3.8, 4) is 5.75 Å². The van der Waals surface area contributed by atoms with Crippen LogP contribution in [0.3, 0.4) is 0 Å². The Morgan fingerprint density at radius 3 is 2.66 bits per heavy atom. The number of ketones is 1. The molecule has 2 amide bonds. The molecule has 1 aromatic carbocycles. The van der Waals surface area contributed by atoms with Gasteiger partial charge in [0.2, 0.25) is 11.8 Å². The van der Waals surface area contributed by atoms with Crippen LogP contribution >= 0.6 is 0 Å². The fraction of sp³-hybridized carbons (Fsp3) is 0.481. The minimum atomic E-state index is -0.503. The van der Waals surface area contributed by atoms with Gasteiger partial charge >= 0.3 is 0 Å². The van der Waals surface area contributed by atoms with Crippen molar-refractivity contribution in [2.75, 3.05) is 25.5 Å². The molecular formula is C27H34N6O5. The number of hydrogen-bond acceptors (Lipinski definition) is 9. The van der Waals surface area contributed by atoms with Crippen LogP contribution in [0.1, 0.15) is 50.4 Å². The zero-order valence-corrected chi connectivity index (χ0v) is 21.7. The first-order valence-corrected chi connectivity index (χ1v) is 12.8. The largest absolute Gasteiger partial charge is 0.486 e. The SMILES string of the molecule is COC1CCC(NC(=O)[C@@H]2CCCN2C(=O)CNc2ccc(OCc3ncccn3)cc2C(=N)C(C)=O)C1. The molecule has 0 spiro atoms. The molecule has 2 aromatic rings. The molecule has 1 aliphatic heterocycles. The molecule has 11 heteroatoms. The molecule has 1 aromatic heterocycles. The van der Waals surface area contributed by atoms with Gasteiger partial charge in [-0.3, -0.25) is 19.8 Å². The van der Waals surface area contributed by atoms with Gasteiger partial charge in [-0.1, -0.05) is 0 Å². The monoisotopic (exact) mass is 522 g/mol. The van der Waals surface area contributed by atoms with E-state index in [1.54, 1.807) is 48.7 Å². The van der Waals surface area contributed by atoms with E-state index in [9.17, 15) is 14.4 Å².